The van der Waals surface area contributed by atoms with Gasteiger partial charge in [0, 0.05) is 17.6 Å². The summed E-state index contributed by atoms with van der Waals surface area (Å²) >= 11 is 12.4. The van der Waals surface area contributed by atoms with E-state index in [1.165, 1.54) is 0 Å². The number of halogens is 2. The van der Waals surface area contributed by atoms with E-state index in [9.17, 15) is 8.42 Å². The van der Waals surface area contributed by atoms with Crippen LogP contribution in [0.5, 0.6) is 0 Å². The van der Waals surface area contributed by atoms with Crippen LogP contribution in [0, 0.1) is 10.8 Å². The number of hydrogen-bond acceptors (Lipinski definition) is 2. The molecule has 3 rings (SSSR count). The lowest BCUT2D eigenvalue weighted by Crippen LogP contribution is -2.46. The first-order chi connectivity index (χ1) is 10.0. The van der Waals surface area contributed by atoms with Gasteiger partial charge in [-0.2, -0.15) is 4.31 Å². The van der Waals surface area contributed by atoms with Gasteiger partial charge in [-0.25, -0.2) is 8.42 Å². The monoisotopic (exact) mass is 363 g/mol. The van der Waals surface area contributed by atoms with Crippen molar-refractivity contribution < 1.29 is 8.42 Å². The molecule has 0 radical (unpaired) electrons. The van der Waals surface area contributed by atoms with E-state index >= 15 is 0 Å². The third-order valence-corrected chi connectivity index (χ3v) is 8.43. The number of nitrogens with zero attached hydrogens (tertiary/aromatic N) is 1. The molecule has 0 aromatic rings. The minimum absolute atomic E-state index is 0.0575. The van der Waals surface area contributed by atoms with Crippen molar-refractivity contribution in [2.24, 2.45) is 10.8 Å². The maximum absolute atomic E-state index is 13.2. The van der Waals surface area contributed by atoms with Gasteiger partial charge in [0.2, 0.25) is 10.0 Å². The molecule has 0 aromatic heterocycles. The topological polar surface area (TPSA) is 37.4 Å². The summed E-state index contributed by atoms with van der Waals surface area (Å²) in [6.45, 7) is 7.24. The van der Waals surface area contributed by atoms with Gasteiger partial charge in [-0.1, -0.05) is 44.5 Å². The fraction of sp³-hybridized carbons (Fsp3) is 0.750. The van der Waals surface area contributed by atoms with E-state index in [2.05, 4.69) is 20.8 Å². The average molecular weight is 364 g/mol. The van der Waals surface area contributed by atoms with E-state index in [-0.39, 0.29) is 16.9 Å². The van der Waals surface area contributed by atoms with Crippen LogP contribution >= 0.6 is 23.2 Å². The first-order valence-corrected chi connectivity index (χ1v) is 10.0. The average Bonchev–Trinajstić information content (AvgIpc) is 2.58. The molecule has 1 aliphatic heterocycles. The van der Waals surface area contributed by atoms with Gasteiger partial charge in [0.25, 0.3) is 0 Å². The zero-order valence-corrected chi connectivity index (χ0v) is 15.5. The maximum Gasteiger partial charge on any atom is 0.224 e. The number of rotatable bonds is 2. The molecule has 1 saturated carbocycles. The van der Waals surface area contributed by atoms with Crippen molar-refractivity contribution >= 4 is 33.2 Å². The molecule has 2 fully saturated rings. The number of allylic oxidation sites excluding steroid dienone is 3. The highest BCUT2D eigenvalue weighted by molar-refractivity contribution is 7.90. The van der Waals surface area contributed by atoms with Gasteiger partial charge in [-0.05, 0) is 36.2 Å². The third-order valence-electron chi connectivity index (χ3n) is 5.13. The molecule has 2 bridgehead atoms. The van der Waals surface area contributed by atoms with Crippen molar-refractivity contribution in [3.05, 3.63) is 23.3 Å². The van der Waals surface area contributed by atoms with E-state index in [0.29, 0.717) is 11.6 Å². The molecule has 0 amide bonds. The maximum atomic E-state index is 13.2. The summed E-state index contributed by atoms with van der Waals surface area (Å²) in [6, 6.07) is 0.0676. The van der Waals surface area contributed by atoms with E-state index in [4.69, 9.17) is 23.2 Å². The van der Waals surface area contributed by atoms with Crippen LogP contribution in [0.2, 0.25) is 0 Å². The molecule has 6 heteroatoms. The van der Waals surface area contributed by atoms with Gasteiger partial charge < -0.3 is 0 Å². The predicted octanol–water partition coefficient (Wildman–Crippen LogP) is 3.89. The predicted molar refractivity (Wildman–Crippen MR) is 91.7 cm³/mol. The van der Waals surface area contributed by atoms with Crippen molar-refractivity contribution in [3.63, 3.8) is 0 Å². The molecule has 22 heavy (non-hydrogen) atoms. The molecule has 0 aromatic carbocycles. The first kappa shape index (κ1) is 16.8. The molecule has 3 nitrogen and oxygen atoms in total. The highest BCUT2D eigenvalue weighted by Gasteiger charge is 2.55. The van der Waals surface area contributed by atoms with Crippen LogP contribution in [0.1, 0.15) is 40.0 Å². The SMILES string of the molecule is CC1(C)CC2CC(C)(CN2S(=O)(=O)C2C(Cl)=CC=CC2Cl)C1. The van der Waals surface area contributed by atoms with Crippen LogP contribution in [0.3, 0.4) is 0 Å². The summed E-state index contributed by atoms with van der Waals surface area (Å²) in [5.74, 6) is 0. The van der Waals surface area contributed by atoms with E-state index in [1.54, 1.807) is 22.5 Å². The number of fused-ring (bicyclic) bond motifs is 2. The Balaban J connectivity index is 1.94. The Morgan fingerprint density at radius 2 is 1.95 bits per heavy atom. The lowest BCUT2D eigenvalue weighted by Gasteiger charge is -2.39. The Kier molecular flexibility index (Phi) is 4.00. The van der Waals surface area contributed by atoms with Crippen LogP contribution in [0.25, 0.3) is 0 Å². The lowest BCUT2D eigenvalue weighted by molar-refractivity contribution is 0.133. The minimum Gasteiger partial charge on any atom is -0.211 e. The summed E-state index contributed by atoms with van der Waals surface area (Å²) in [4.78, 5) is 0. The van der Waals surface area contributed by atoms with Gasteiger partial charge in [0.05, 0.1) is 5.38 Å². The Bertz CT molecular complexity index is 641. The molecule has 124 valence electrons. The molecule has 1 saturated heterocycles. The smallest absolute Gasteiger partial charge is 0.211 e. The van der Waals surface area contributed by atoms with E-state index < -0.39 is 20.7 Å². The standard InChI is InChI=1S/C16H23Cl2NO2S/c1-15(2)7-11-8-16(3,9-15)10-19(11)22(20,21)14-12(17)5-4-6-13(14)18/h4-6,11-12,14H,7-10H2,1-3H3. The fourth-order valence-electron chi connectivity index (χ4n) is 4.76. The zero-order valence-electron chi connectivity index (χ0n) is 13.2. The Hall–Kier alpha value is -0.0300. The van der Waals surface area contributed by atoms with Crippen molar-refractivity contribution in [2.75, 3.05) is 6.54 Å². The van der Waals surface area contributed by atoms with Gasteiger partial charge in [-0.15, -0.1) is 11.6 Å². The highest BCUT2D eigenvalue weighted by atomic mass is 35.5. The van der Waals surface area contributed by atoms with Gasteiger partial charge in [0.15, 0.2) is 0 Å². The summed E-state index contributed by atoms with van der Waals surface area (Å²) < 4.78 is 28.1. The Morgan fingerprint density at radius 1 is 1.27 bits per heavy atom. The van der Waals surface area contributed by atoms with Crippen molar-refractivity contribution in [1.82, 2.24) is 4.31 Å². The van der Waals surface area contributed by atoms with Crippen molar-refractivity contribution in [1.29, 1.82) is 0 Å². The fourth-order valence-corrected chi connectivity index (χ4v) is 8.11. The molecule has 0 N–H and O–H groups in total. The molecule has 2 aliphatic carbocycles. The zero-order chi connectivity index (χ0) is 16.3. The molecular formula is C16H23Cl2NO2S. The second kappa shape index (κ2) is 5.23. The third kappa shape index (κ3) is 2.77. The van der Waals surface area contributed by atoms with Crippen LogP contribution < -0.4 is 0 Å². The van der Waals surface area contributed by atoms with Gasteiger partial charge in [-0.3, -0.25) is 0 Å². The summed E-state index contributed by atoms with van der Waals surface area (Å²) in [6.07, 6.45) is 7.95. The Labute approximate surface area is 143 Å². The molecule has 3 aliphatic rings. The normalized spacial score (nSPS) is 41.5. The van der Waals surface area contributed by atoms with Crippen molar-refractivity contribution in [2.45, 2.75) is 56.7 Å². The van der Waals surface area contributed by atoms with Crippen LogP contribution in [0.4, 0.5) is 0 Å². The van der Waals surface area contributed by atoms with Crippen molar-refractivity contribution in [3.8, 4) is 0 Å². The summed E-state index contributed by atoms with van der Waals surface area (Å²) in [5.41, 5.74) is 0.233. The van der Waals surface area contributed by atoms with Crippen LogP contribution in [-0.2, 0) is 10.0 Å². The van der Waals surface area contributed by atoms with Gasteiger partial charge in [0.1, 0.15) is 5.25 Å². The molecular weight excluding hydrogens is 341 g/mol. The quantitative estimate of drug-likeness (QED) is 0.698. The molecule has 4 unspecified atom stereocenters. The number of sulfonamides is 1. The molecule has 1 heterocycles. The summed E-state index contributed by atoms with van der Waals surface area (Å²) in [7, 11) is -3.55. The second-order valence-electron chi connectivity index (χ2n) is 8.11. The second-order valence-corrected chi connectivity index (χ2v) is 11.1. The van der Waals surface area contributed by atoms with Crippen LogP contribution in [0.15, 0.2) is 23.3 Å². The largest absolute Gasteiger partial charge is 0.224 e. The first-order valence-electron chi connectivity index (χ1n) is 7.73. The lowest BCUT2D eigenvalue weighted by atomic mass is 9.65. The van der Waals surface area contributed by atoms with E-state index in [0.717, 1.165) is 19.3 Å². The Morgan fingerprint density at radius 3 is 2.59 bits per heavy atom. The number of hydrogen-bond donors (Lipinski definition) is 0. The van der Waals surface area contributed by atoms with Gasteiger partial charge >= 0.3 is 0 Å². The molecule has 0 spiro atoms. The van der Waals surface area contributed by atoms with Crippen LogP contribution in [-0.4, -0.2) is 35.9 Å². The summed E-state index contributed by atoms with van der Waals surface area (Å²) in [5, 5.41) is -1.15. The molecule has 4 atom stereocenters. The minimum atomic E-state index is -3.55. The number of alkyl halides is 1. The van der Waals surface area contributed by atoms with E-state index in [1.807, 2.05) is 0 Å². The highest BCUT2D eigenvalue weighted by Crippen LogP contribution is 2.54.